The Labute approximate surface area is 83.7 Å². The molecule has 0 aliphatic rings. The second-order valence-electron chi connectivity index (χ2n) is 2.47. The van der Waals surface area contributed by atoms with Gasteiger partial charge in [0.05, 0.1) is 0 Å². The van der Waals surface area contributed by atoms with Crippen LogP contribution >= 0.6 is 7.82 Å². The predicted molar refractivity (Wildman–Crippen MR) is 49.6 cm³/mol. The molecule has 0 radical (unpaired) electrons. The summed E-state index contributed by atoms with van der Waals surface area (Å²) in [5.74, 6) is -1.55. The van der Waals surface area contributed by atoms with Gasteiger partial charge in [0.2, 0.25) is 0 Å². The average molecular weight is 228 g/mol. The Kier molecular flexibility index (Phi) is 5.81. The lowest BCUT2D eigenvalue weighted by Crippen LogP contribution is -2.35. The molecule has 7 heteroatoms. The van der Waals surface area contributed by atoms with Crippen molar-refractivity contribution in [3.63, 3.8) is 0 Å². The molecule has 1 unspecified atom stereocenters. The van der Waals surface area contributed by atoms with Gasteiger partial charge >= 0.3 is 7.82 Å². The number of ether oxygens (including phenoxy) is 2. The van der Waals surface area contributed by atoms with Gasteiger partial charge in [0.15, 0.2) is 0 Å². The SMILES string of the molecule is CCOC(C)(OCC)OP(=O)(O)OC. The second kappa shape index (κ2) is 5.80. The standard InChI is InChI=1S/C7H17O6P/c1-5-11-7(3,12-6-2)13-14(8,9)10-4/h5-6H2,1-4H3,(H,8,9). The summed E-state index contributed by atoms with van der Waals surface area (Å²) >= 11 is 0. The van der Waals surface area contributed by atoms with E-state index in [1.807, 2.05) is 0 Å². The van der Waals surface area contributed by atoms with E-state index < -0.39 is 13.8 Å². The molecule has 0 aromatic carbocycles. The van der Waals surface area contributed by atoms with Crippen LogP contribution in [-0.4, -0.2) is 31.2 Å². The van der Waals surface area contributed by atoms with E-state index in [9.17, 15) is 4.57 Å². The molecule has 86 valence electrons. The summed E-state index contributed by atoms with van der Waals surface area (Å²) in [5, 5.41) is 0. The monoisotopic (exact) mass is 228 g/mol. The third-order valence-corrected chi connectivity index (χ3v) is 2.35. The molecule has 0 fully saturated rings. The van der Waals surface area contributed by atoms with E-state index in [2.05, 4.69) is 4.52 Å². The molecule has 0 aromatic rings. The minimum Gasteiger partial charge on any atom is -0.328 e. The fourth-order valence-corrected chi connectivity index (χ4v) is 1.46. The Morgan fingerprint density at radius 1 is 1.29 bits per heavy atom. The van der Waals surface area contributed by atoms with Gasteiger partial charge in [-0.2, -0.15) is 0 Å². The summed E-state index contributed by atoms with van der Waals surface area (Å²) in [6.07, 6.45) is 0. The molecular weight excluding hydrogens is 211 g/mol. The van der Waals surface area contributed by atoms with Crippen molar-refractivity contribution in [3.05, 3.63) is 0 Å². The summed E-state index contributed by atoms with van der Waals surface area (Å²) in [7, 11) is -3.04. The van der Waals surface area contributed by atoms with Crippen molar-refractivity contribution in [2.75, 3.05) is 20.3 Å². The minimum atomic E-state index is -4.10. The molecule has 1 atom stereocenters. The van der Waals surface area contributed by atoms with Crippen LogP contribution in [0, 0.1) is 0 Å². The highest BCUT2D eigenvalue weighted by Gasteiger charge is 2.36. The highest BCUT2D eigenvalue weighted by Crippen LogP contribution is 2.46. The summed E-state index contributed by atoms with van der Waals surface area (Å²) in [4.78, 5) is 9.06. The van der Waals surface area contributed by atoms with Crippen molar-refractivity contribution < 1.29 is 28.0 Å². The maximum absolute atomic E-state index is 11.1. The third kappa shape index (κ3) is 5.05. The summed E-state index contributed by atoms with van der Waals surface area (Å²) < 4.78 is 30.2. The van der Waals surface area contributed by atoms with Crippen LogP contribution in [0.5, 0.6) is 0 Å². The van der Waals surface area contributed by atoms with E-state index in [1.165, 1.54) is 6.92 Å². The molecular formula is C7H17O6P. The molecule has 1 N–H and O–H groups in total. The maximum Gasteiger partial charge on any atom is 0.476 e. The Morgan fingerprint density at radius 3 is 2.00 bits per heavy atom. The predicted octanol–water partition coefficient (Wildman–Crippen LogP) is 1.50. The minimum absolute atomic E-state index is 0.292. The van der Waals surface area contributed by atoms with Crippen LogP contribution < -0.4 is 0 Å². The molecule has 0 bridgehead atoms. The number of rotatable bonds is 7. The van der Waals surface area contributed by atoms with Crippen molar-refractivity contribution in [2.45, 2.75) is 26.7 Å². The zero-order valence-corrected chi connectivity index (χ0v) is 9.74. The van der Waals surface area contributed by atoms with Crippen LogP contribution in [0.1, 0.15) is 20.8 Å². The number of hydrogen-bond donors (Lipinski definition) is 1. The summed E-state index contributed by atoms with van der Waals surface area (Å²) in [6.45, 7) is 5.42. The maximum atomic E-state index is 11.1. The first kappa shape index (κ1) is 14.0. The van der Waals surface area contributed by atoms with Crippen LogP contribution in [0.15, 0.2) is 0 Å². The molecule has 0 rings (SSSR count). The Hall–Kier alpha value is 0.0300. The fraction of sp³-hybridized carbons (Fsp3) is 1.00. The zero-order chi connectivity index (χ0) is 11.2. The second-order valence-corrected chi connectivity index (χ2v) is 3.96. The topological polar surface area (TPSA) is 74.2 Å². The molecule has 0 amide bonds. The lowest BCUT2D eigenvalue weighted by molar-refractivity contribution is -0.334. The van der Waals surface area contributed by atoms with Crippen molar-refractivity contribution >= 4 is 7.82 Å². The smallest absolute Gasteiger partial charge is 0.328 e. The molecule has 0 saturated carbocycles. The molecule has 0 saturated heterocycles. The largest absolute Gasteiger partial charge is 0.476 e. The molecule has 0 aliphatic heterocycles. The molecule has 0 aromatic heterocycles. The van der Waals surface area contributed by atoms with Crippen LogP contribution in [0.2, 0.25) is 0 Å². The van der Waals surface area contributed by atoms with Gasteiger partial charge in [0.1, 0.15) is 0 Å². The lowest BCUT2D eigenvalue weighted by Gasteiger charge is -2.29. The van der Waals surface area contributed by atoms with Crippen molar-refractivity contribution in [2.24, 2.45) is 0 Å². The van der Waals surface area contributed by atoms with E-state index in [4.69, 9.17) is 18.9 Å². The number of phosphoric ester groups is 1. The van der Waals surface area contributed by atoms with E-state index in [0.29, 0.717) is 13.2 Å². The van der Waals surface area contributed by atoms with Crippen LogP contribution in [0.25, 0.3) is 0 Å². The van der Waals surface area contributed by atoms with Crippen LogP contribution in [0.4, 0.5) is 0 Å². The quantitative estimate of drug-likeness (QED) is 0.525. The van der Waals surface area contributed by atoms with Gasteiger partial charge in [-0.15, -0.1) is 0 Å². The van der Waals surface area contributed by atoms with E-state index in [0.717, 1.165) is 7.11 Å². The molecule has 0 spiro atoms. The number of phosphoric acid groups is 1. The average Bonchev–Trinajstić information content (AvgIpc) is 2.03. The van der Waals surface area contributed by atoms with Gasteiger partial charge in [0, 0.05) is 27.2 Å². The third-order valence-electron chi connectivity index (χ3n) is 1.32. The first-order chi connectivity index (χ1) is 6.39. The highest BCUT2D eigenvalue weighted by atomic mass is 31.2. The molecule has 0 aliphatic carbocycles. The first-order valence-electron chi connectivity index (χ1n) is 4.26. The van der Waals surface area contributed by atoms with Gasteiger partial charge < -0.3 is 14.4 Å². The van der Waals surface area contributed by atoms with Gasteiger partial charge in [-0.1, -0.05) is 0 Å². The van der Waals surface area contributed by atoms with Crippen molar-refractivity contribution in [3.8, 4) is 0 Å². The highest BCUT2D eigenvalue weighted by molar-refractivity contribution is 7.47. The van der Waals surface area contributed by atoms with E-state index >= 15 is 0 Å². The van der Waals surface area contributed by atoms with E-state index in [-0.39, 0.29) is 0 Å². The summed E-state index contributed by atoms with van der Waals surface area (Å²) in [5.41, 5.74) is 0. The Morgan fingerprint density at radius 2 is 1.71 bits per heavy atom. The van der Waals surface area contributed by atoms with Crippen LogP contribution in [-0.2, 0) is 23.1 Å². The number of hydrogen-bond acceptors (Lipinski definition) is 5. The zero-order valence-electron chi connectivity index (χ0n) is 8.85. The summed E-state index contributed by atoms with van der Waals surface area (Å²) in [6, 6.07) is 0. The van der Waals surface area contributed by atoms with Gasteiger partial charge in [-0.05, 0) is 13.8 Å². The normalized spacial score (nSPS) is 16.6. The van der Waals surface area contributed by atoms with Gasteiger partial charge in [0.25, 0.3) is 5.97 Å². The Bertz CT molecular complexity index is 200. The van der Waals surface area contributed by atoms with Crippen molar-refractivity contribution in [1.82, 2.24) is 0 Å². The lowest BCUT2D eigenvalue weighted by atomic mass is 10.6. The van der Waals surface area contributed by atoms with Gasteiger partial charge in [-0.25, -0.2) is 9.09 Å². The van der Waals surface area contributed by atoms with Gasteiger partial charge in [-0.3, -0.25) is 4.52 Å². The van der Waals surface area contributed by atoms with Crippen LogP contribution in [0.3, 0.4) is 0 Å². The molecule has 14 heavy (non-hydrogen) atoms. The fourth-order valence-electron chi connectivity index (χ4n) is 0.866. The molecule has 0 heterocycles. The van der Waals surface area contributed by atoms with E-state index in [1.54, 1.807) is 13.8 Å². The van der Waals surface area contributed by atoms with Crippen molar-refractivity contribution in [1.29, 1.82) is 0 Å². The molecule has 6 nitrogen and oxygen atoms in total. The Balaban J connectivity index is 4.42. The first-order valence-corrected chi connectivity index (χ1v) is 5.76.